The van der Waals surface area contributed by atoms with Gasteiger partial charge in [-0.15, -0.1) is 0 Å². The molecule has 1 amide bonds. The highest BCUT2D eigenvalue weighted by molar-refractivity contribution is 8.13. The fourth-order valence-corrected chi connectivity index (χ4v) is 2.61. The van der Waals surface area contributed by atoms with Crippen molar-refractivity contribution in [3.8, 4) is 0 Å². The molecule has 0 radical (unpaired) electrons. The van der Waals surface area contributed by atoms with Crippen LogP contribution in [0.4, 0.5) is 18.9 Å². The van der Waals surface area contributed by atoms with Gasteiger partial charge in [0.05, 0.1) is 4.90 Å². The lowest BCUT2D eigenvalue weighted by Crippen LogP contribution is -2.30. The Bertz CT molecular complexity index is 631. The average Bonchev–Trinajstić information content (AvgIpc) is 2.36. The van der Waals surface area contributed by atoms with E-state index in [0.717, 1.165) is 12.1 Å². The molecule has 0 heterocycles. The Hall–Kier alpha value is -1.28. The number of amides is 1. The van der Waals surface area contributed by atoms with Gasteiger partial charge in [0, 0.05) is 16.4 Å². The largest absolute Gasteiger partial charge is 0.471 e. The minimum Gasteiger partial charge on any atom is -0.318 e. The first-order chi connectivity index (χ1) is 9.50. The third kappa shape index (κ3) is 4.34. The first-order valence-corrected chi connectivity index (χ1v) is 8.30. The Morgan fingerprint density at radius 2 is 1.62 bits per heavy atom. The molecule has 0 aliphatic heterocycles. The van der Waals surface area contributed by atoms with Crippen LogP contribution >= 0.6 is 10.7 Å². The molecule has 0 fully saturated rings. The number of anilines is 1. The summed E-state index contributed by atoms with van der Waals surface area (Å²) in [6.07, 6.45) is -4.55. The van der Waals surface area contributed by atoms with E-state index in [-0.39, 0.29) is 34.6 Å². The lowest BCUT2D eigenvalue weighted by Gasteiger charge is -2.16. The second kappa shape index (κ2) is 6.23. The average molecular weight is 344 g/mol. The molecule has 0 aliphatic rings. The maximum Gasteiger partial charge on any atom is 0.471 e. The van der Waals surface area contributed by atoms with Gasteiger partial charge < -0.3 is 5.32 Å². The molecule has 9 heteroatoms. The second-order valence-electron chi connectivity index (χ2n) is 4.21. The fraction of sp³-hybridized carbons (Fsp3) is 0.417. The third-order valence-electron chi connectivity index (χ3n) is 2.81. The van der Waals surface area contributed by atoms with Gasteiger partial charge in [0.1, 0.15) is 0 Å². The number of aryl methyl sites for hydroxylation is 2. The van der Waals surface area contributed by atoms with Crippen molar-refractivity contribution >= 4 is 31.3 Å². The smallest absolute Gasteiger partial charge is 0.318 e. The Kier molecular flexibility index (Phi) is 5.27. The molecule has 0 unspecified atom stereocenters. The molecule has 0 bridgehead atoms. The summed E-state index contributed by atoms with van der Waals surface area (Å²) in [6.45, 7) is 3.26. The predicted molar refractivity (Wildman–Crippen MR) is 72.9 cm³/mol. The summed E-state index contributed by atoms with van der Waals surface area (Å²) in [4.78, 5) is 10.9. The van der Waals surface area contributed by atoms with E-state index in [1.54, 1.807) is 19.2 Å². The minimum absolute atomic E-state index is 0.0219. The number of hydrogen-bond donors (Lipinski definition) is 1. The van der Waals surface area contributed by atoms with Crippen LogP contribution in [-0.4, -0.2) is 20.5 Å². The molecule has 0 saturated carbocycles. The van der Waals surface area contributed by atoms with Crippen molar-refractivity contribution in [2.24, 2.45) is 0 Å². The monoisotopic (exact) mass is 343 g/mol. The Labute approximate surface area is 124 Å². The molecule has 4 nitrogen and oxygen atoms in total. The fourth-order valence-electron chi connectivity index (χ4n) is 1.78. The maximum atomic E-state index is 12.3. The van der Waals surface area contributed by atoms with Crippen LogP contribution in [-0.2, 0) is 26.7 Å². The van der Waals surface area contributed by atoms with E-state index in [1.165, 1.54) is 0 Å². The van der Waals surface area contributed by atoms with Gasteiger partial charge in [-0.25, -0.2) is 8.42 Å². The molecule has 1 aromatic rings. The van der Waals surface area contributed by atoms with Crippen molar-refractivity contribution in [3.05, 3.63) is 23.3 Å². The van der Waals surface area contributed by atoms with E-state index >= 15 is 0 Å². The van der Waals surface area contributed by atoms with Crippen LogP contribution in [0.25, 0.3) is 0 Å². The number of nitrogens with one attached hydrogen (secondary N) is 1. The van der Waals surface area contributed by atoms with Crippen LogP contribution in [0.15, 0.2) is 17.0 Å². The summed E-state index contributed by atoms with van der Waals surface area (Å²) in [6, 6.07) is 2.32. The highest BCUT2D eigenvalue weighted by atomic mass is 35.7. The lowest BCUT2D eigenvalue weighted by atomic mass is 10.0. The second-order valence-corrected chi connectivity index (χ2v) is 6.78. The summed E-state index contributed by atoms with van der Waals surface area (Å²) < 4.78 is 59.8. The van der Waals surface area contributed by atoms with Crippen molar-refractivity contribution in [1.82, 2.24) is 0 Å². The van der Waals surface area contributed by atoms with Gasteiger partial charge >= 0.3 is 12.1 Å². The van der Waals surface area contributed by atoms with Crippen LogP contribution in [0.2, 0.25) is 0 Å². The zero-order valence-electron chi connectivity index (χ0n) is 11.2. The molecule has 0 saturated heterocycles. The van der Waals surface area contributed by atoms with E-state index in [2.05, 4.69) is 0 Å². The summed E-state index contributed by atoms with van der Waals surface area (Å²) in [7, 11) is 1.25. The van der Waals surface area contributed by atoms with E-state index < -0.39 is 21.1 Å². The maximum absolute atomic E-state index is 12.3. The van der Waals surface area contributed by atoms with E-state index in [4.69, 9.17) is 10.7 Å². The normalized spacial score (nSPS) is 12.3. The molecule has 0 spiro atoms. The first-order valence-electron chi connectivity index (χ1n) is 5.99. The number of carbonyl (C=O) groups is 1. The summed E-state index contributed by atoms with van der Waals surface area (Å²) in [5.74, 6) is -2.10. The van der Waals surface area contributed by atoms with Crippen LogP contribution < -0.4 is 5.32 Å². The third-order valence-corrected chi connectivity index (χ3v) is 4.15. The molecule has 118 valence electrons. The van der Waals surface area contributed by atoms with Gasteiger partial charge in [-0.2, -0.15) is 13.2 Å². The zero-order valence-corrected chi connectivity index (χ0v) is 12.8. The van der Waals surface area contributed by atoms with E-state index in [0.29, 0.717) is 0 Å². The minimum atomic E-state index is -5.02. The van der Waals surface area contributed by atoms with Gasteiger partial charge in [-0.1, -0.05) is 13.8 Å². The molecule has 0 aromatic heterocycles. The number of alkyl halides is 3. The number of carbonyl (C=O) groups excluding carboxylic acids is 1. The van der Waals surface area contributed by atoms with Crippen molar-refractivity contribution < 1.29 is 26.4 Å². The Morgan fingerprint density at radius 3 is 1.90 bits per heavy atom. The van der Waals surface area contributed by atoms with Gasteiger partial charge in [0.2, 0.25) is 0 Å². The molecule has 1 rings (SSSR count). The standard InChI is InChI=1S/C12H13ClF3NO3S/c1-3-7-5-9(21(13,19)20)6-8(4-2)10(7)17-11(18)12(14,15)16/h5-6H,3-4H2,1-2H3,(H,17,18). The van der Waals surface area contributed by atoms with Crippen LogP contribution in [0.5, 0.6) is 0 Å². The molecular formula is C12H13ClF3NO3S. The van der Waals surface area contributed by atoms with Gasteiger partial charge in [0.15, 0.2) is 0 Å². The summed E-state index contributed by atoms with van der Waals surface area (Å²) >= 11 is 0. The quantitative estimate of drug-likeness (QED) is 0.854. The Balaban J connectivity index is 3.42. The van der Waals surface area contributed by atoms with Crippen LogP contribution in [0, 0.1) is 0 Å². The van der Waals surface area contributed by atoms with Crippen molar-refractivity contribution in [2.75, 3.05) is 5.32 Å². The highest BCUT2D eigenvalue weighted by Gasteiger charge is 2.39. The molecule has 0 aliphatic carbocycles. The van der Waals surface area contributed by atoms with Crippen molar-refractivity contribution in [3.63, 3.8) is 0 Å². The number of rotatable bonds is 4. The SMILES string of the molecule is CCc1cc(S(=O)(=O)Cl)cc(CC)c1NC(=O)C(F)(F)F. The Morgan fingerprint density at radius 1 is 1.19 bits per heavy atom. The van der Waals surface area contributed by atoms with E-state index in [1.807, 2.05) is 0 Å². The van der Waals surface area contributed by atoms with Gasteiger partial charge in [0.25, 0.3) is 9.05 Å². The van der Waals surface area contributed by atoms with Crippen molar-refractivity contribution in [1.29, 1.82) is 0 Å². The number of halogens is 4. The van der Waals surface area contributed by atoms with Gasteiger partial charge in [-0.3, -0.25) is 4.79 Å². The molecule has 0 atom stereocenters. The van der Waals surface area contributed by atoms with E-state index in [9.17, 15) is 26.4 Å². The number of hydrogen-bond acceptors (Lipinski definition) is 3. The highest BCUT2D eigenvalue weighted by Crippen LogP contribution is 2.30. The predicted octanol–water partition coefficient (Wildman–Crippen LogP) is 3.24. The molecule has 1 aromatic carbocycles. The first kappa shape index (κ1) is 17.8. The van der Waals surface area contributed by atoms with Gasteiger partial charge in [-0.05, 0) is 36.1 Å². The zero-order chi connectivity index (χ0) is 16.4. The van der Waals surface area contributed by atoms with Crippen LogP contribution in [0.1, 0.15) is 25.0 Å². The summed E-state index contributed by atoms with van der Waals surface area (Å²) in [5, 5.41) is 1.80. The molecular weight excluding hydrogens is 331 g/mol. The number of benzene rings is 1. The lowest BCUT2D eigenvalue weighted by molar-refractivity contribution is -0.167. The van der Waals surface area contributed by atoms with Crippen LogP contribution in [0.3, 0.4) is 0 Å². The topological polar surface area (TPSA) is 63.2 Å². The summed E-state index contributed by atoms with van der Waals surface area (Å²) in [5.41, 5.74) is 0.517. The molecule has 1 N–H and O–H groups in total. The molecule has 21 heavy (non-hydrogen) atoms. The van der Waals surface area contributed by atoms with Crippen molar-refractivity contribution in [2.45, 2.75) is 37.8 Å².